The van der Waals surface area contributed by atoms with Gasteiger partial charge in [0.15, 0.2) is 0 Å². The van der Waals surface area contributed by atoms with E-state index in [4.69, 9.17) is 4.42 Å². The first-order valence-electron chi connectivity index (χ1n) is 9.33. The molecule has 1 saturated heterocycles. The minimum absolute atomic E-state index is 0.113. The molecule has 27 heavy (non-hydrogen) atoms. The lowest BCUT2D eigenvalue weighted by molar-refractivity contribution is -0.139. The van der Waals surface area contributed by atoms with Crippen LogP contribution in [0.25, 0.3) is 10.9 Å². The molecular formula is C21H23N3O3. The molecule has 0 saturated carbocycles. The minimum atomic E-state index is 0.113. The minimum Gasteiger partial charge on any atom is -0.469 e. The van der Waals surface area contributed by atoms with Crippen molar-refractivity contribution >= 4 is 22.7 Å². The van der Waals surface area contributed by atoms with E-state index in [0.717, 1.165) is 22.2 Å². The van der Waals surface area contributed by atoms with Gasteiger partial charge in [0, 0.05) is 56.1 Å². The molecule has 1 N–H and O–H groups in total. The number of aryl methyl sites for hydroxylation is 1. The summed E-state index contributed by atoms with van der Waals surface area (Å²) in [6, 6.07) is 11.7. The molecule has 0 spiro atoms. The van der Waals surface area contributed by atoms with Gasteiger partial charge in [-0.3, -0.25) is 9.59 Å². The third-order valence-electron chi connectivity index (χ3n) is 5.17. The number of amides is 2. The molecule has 6 nitrogen and oxygen atoms in total. The van der Waals surface area contributed by atoms with Crippen molar-refractivity contribution in [3.8, 4) is 0 Å². The highest BCUT2D eigenvalue weighted by Crippen LogP contribution is 2.19. The van der Waals surface area contributed by atoms with Gasteiger partial charge in [-0.15, -0.1) is 0 Å². The molecule has 3 aromatic rings. The predicted octanol–water partition coefficient (Wildman–Crippen LogP) is 2.61. The van der Waals surface area contributed by atoms with Crippen LogP contribution in [0.1, 0.15) is 17.7 Å². The summed E-state index contributed by atoms with van der Waals surface area (Å²) in [4.78, 5) is 31.9. The number of nitrogens with one attached hydrogen (secondary N) is 1. The number of hydrogen-bond donors (Lipinski definition) is 1. The Morgan fingerprint density at radius 1 is 0.963 bits per heavy atom. The predicted molar refractivity (Wildman–Crippen MR) is 102 cm³/mol. The summed E-state index contributed by atoms with van der Waals surface area (Å²) in [6.45, 7) is 2.37. The second kappa shape index (κ2) is 7.70. The average Bonchev–Trinajstić information content (AvgIpc) is 3.36. The van der Waals surface area contributed by atoms with Gasteiger partial charge in [-0.1, -0.05) is 18.2 Å². The quantitative estimate of drug-likeness (QED) is 0.756. The second-order valence-corrected chi connectivity index (χ2v) is 6.88. The molecule has 0 aliphatic carbocycles. The van der Waals surface area contributed by atoms with Crippen LogP contribution in [0.4, 0.5) is 0 Å². The summed E-state index contributed by atoms with van der Waals surface area (Å²) in [7, 11) is 0. The molecular weight excluding hydrogens is 342 g/mol. The largest absolute Gasteiger partial charge is 0.469 e. The fourth-order valence-electron chi connectivity index (χ4n) is 3.60. The number of carbonyl (C=O) groups is 2. The highest BCUT2D eigenvalue weighted by Gasteiger charge is 2.24. The zero-order valence-electron chi connectivity index (χ0n) is 15.2. The lowest BCUT2D eigenvalue weighted by Crippen LogP contribution is -2.51. The number of benzene rings is 1. The molecule has 140 valence electrons. The van der Waals surface area contributed by atoms with Crippen LogP contribution in [-0.4, -0.2) is 52.8 Å². The van der Waals surface area contributed by atoms with Crippen LogP contribution in [0.2, 0.25) is 0 Å². The van der Waals surface area contributed by atoms with Crippen LogP contribution in [0, 0.1) is 0 Å². The van der Waals surface area contributed by atoms with Crippen LogP contribution >= 0.6 is 0 Å². The summed E-state index contributed by atoms with van der Waals surface area (Å²) >= 11 is 0. The number of H-pyrrole nitrogens is 1. The van der Waals surface area contributed by atoms with E-state index in [9.17, 15) is 9.59 Å². The van der Waals surface area contributed by atoms with E-state index in [1.807, 2.05) is 52.4 Å². The van der Waals surface area contributed by atoms with E-state index in [1.165, 1.54) is 0 Å². The van der Waals surface area contributed by atoms with E-state index < -0.39 is 0 Å². The average molecular weight is 365 g/mol. The standard InChI is InChI=1S/C21H23N3O3/c25-20(8-7-17-4-3-13-27-17)23-9-11-24(12-10-23)21(26)14-16-15-22-19-6-2-1-5-18(16)19/h1-6,13,15,22H,7-12,14H2. The molecule has 0 unspecified atom stereocenters. The van der Waals surface area contributed by atoms with E-state index in [2.05, 4.69) is 4.98 Å². The van der Waals surface area contributed by atoms with Gasteiger partial charge in [-0.25, -0.2) is 0 Å². The van der Waals surface area contributed by atoms with Crippen molar-refractivity contribution in [2.45, 2.75) is 19.3 Å². The molecule has 1 aromatic carbocycles. The zero-order chi connectivity index (χ0) is 18.6. The van der Waals surface area contributed by atoms with E-state index in [-0.39, 0.29) is 11.8 Å². The molecule has 1 fully saturated rings. The van der Waals surface area contributed by atoms with Gasteiger partial charge in [0.05, 0.1) is 12.7 Å². The van der Waals surface area contributed by atoms with Crippen LogP contribution in [0.5, 0.6) is 0 Å². The van der Waals surface area contributed by atoms with Crippen molar-refractivity contribution in [2.24, 2.45) is 0 Å². The molecule has 0 atom stereocenters. The third kappa shape index (κ3) is 3.89. The maximum absolute atomic E-state index is 12.7. The maximum Gasteiger partial charge on any atom is 0.227 e. The van der Waals surface area contributed by atoms with Crippen molar-refractivity contribution in [3.05, 3.63) is 60.2 Å². The Morgan fingerprint density at radius 2 is 1.70 bits per heavy atom. The smallest absolute Gasteiger partial charge is 0.227 e. The third-order valence-corrected chi connectivity index (χ3v) is 5.17. The van der Waals surface area contributed by atoms with Crippen molar-refractivity contribution in [1.82, 2.24) is 14.8 Å². The summed E-state index contributed by atoms with van der Waals surface area (Å²) < 4.78 is 5.27. The molecule has 1 aliphatic rings. The Kier molecular flexibility index (Phi) is 4.96. The Labute approximate surface area is 157 Å². The fourth-order valence-corrected chi connectivity index (χ4v) is 3.60. The fraction of sp³-hybridized carbons (Fsp3) is 0.333. The van der Waals surface area contributed by atoms with Gasteiger partial charge in [-0.05, 0) is 23.8 Å². The van der Waals surface area contributed by atoms with Gasteiger partial charge in [-0.2, -0.15) is 0 Å². The Hall–Kier alpha value is -3.02. The van der Waals surface area contributed by atoms with E-state index in [0.29, 0.717) is 45.4 Å². The number of aromatic amines is 1. The van der Waals surface area contributed by atoms with Crippen LogP contribution in [0.3, 0.4) is 0 Å². The van der Waals surface area contributed by atoms with Crippen molar-refractivity contribution in [2.75, 3.05) is 26.2 Å². The summed E-state index contributed by atoms with van der Waals surface area (Å²) in [5, 5.41) is 1.09. The Bertz CT molecular complexity index is 921. The van der Waals surface area contributed by atoms with E-state index >= 15 is 0 Å². The first kappa shape index (κ1) is 17.4. The molecule has 2 amide bonds. The number of piperazine rings is 1. The Balaban J connectivity index is 1.28. The molecule has 3 heterocycles. The van der Waals surface area contributed by atoms with E-state index in [1.54, 1.807) is 6.26 Å². The lowest BCUT2D eigenvalue weighted by Gasteiger charge is -2.35. The number of furan rings is 1. The van der Waals surface area contributed by atoms with Crippen LogP contribution in [0.15, 0.2) is 53.3 Å². The normalized spacial score (nSPS) is 14.7. The number of fused-ring (bicyclic) bond motifs is 1. The van der Waals surface area contributed by atoms with Crippen molar-refractivity contribution < 1.29 is 14.0 Å². The summed E-state index contributed by atoms with van der Waals surface area (Å²) in [6.07, 6.45) is 4.98. The number of rotatable bonds is 5. The summed E-state index contributed by atoms with van der Waals surface area (Å²) in [5.41, 5.74) is 2.07. The van der Waals surface area contributed by atoms with Gasteiger partial charge < -0.3 is 19.2 Å². The lowest BCUT2D eigenvalue weighted by atomic mass is 10.1. The SMILES string of the molecule is O=C(CCc1ccco1)N1CCN(C(=O)Cc2c[nH]c3ccccc23)CC1. The highest BCUT2D eigenvalue weighted by atomic mass is 16.3. The molecule has 2 aromatic heterocycles. The number of hydrogen-bond acceptors (Lipinski definition) is 3. The number of para-hydroxylation sites is 1. The first-order chi connectivity index (χ1) is 13.2. The maximum atomic E-state index is 12.7. The molecule has 0 radical (unpaired) electrons. The van der Waals surface area contributed by atoms with Crippen molar-refractivity contribution in [3.63, 3.8) is 0 Å². The van der Waals surface area contributed by atoms with Crippen LogP contribution in [-0.2, 0) is 22.4 Å². The van der Waals surface area contributed by atoms with Crippen LogP contribution < -0.4 is 0 Å². The van der Waals surface area contributed by atoms with Gasteiger partial charge in [0.2, 0.25) is 11.8 Å². The number of aromatic nitrogens is 1. The molecule has 6 heteroatoms. The number of carbonyl (C=O) groups excluding carboxylic acids is 2. The topological polar surface area (TPSA) is 69.6 Å². The molecule has 4 rings (SSSR count). The summed E-state index contributed by atoms with van der Waals surface area (Å²) in [5.74, 6) is 1.06. The second-order valence-electron chi connectivity index (χ2n) is 6.88. The van der Waals surface area contributed by atoms with Gasteiger partial charge in [0.25, 0.3) is 0 Å². The number of nitrogens with zero attached hydrogens (tertiary/aromatic N) is 2. The molecule has 1 aliphatic heterocycles. The highest BCUT2D eigenvalue weighted by molar-refractivity contribution is 5.89. The van der Waals surface area contributed by atoms with Gasteiger partial charge in [0.1, 0.15) is 5.76 Å². The van der Waals surface area contributed by atoms with Crippen molar-refractivity contribution in [1.29, 1.82) is 0 Å². The zero-order valence-corrected chi connectivity index (χ0v) is 15.2. The Morgan fingerprint density at radius 3 is 2.44 bits per heavy atom. The molecule has 0 bridgehead atoms. The first-order valence-corrected chi connectivity index (χ1v) is 9.33. The van der Waals surface area contributed by atoms with Gasteiger partial charge >= 0.3 is 0 Å². The monoisotopic (exact) mass is 365 g/mol.